The van der Waals surface area contributed by atoms with Gasteiger partial charge < -0.3 is 10.4 Å². The summed E-state index contributed by atoms with van der Waals surface area (Å²) in [6.07, 6.45) is 14.8. The van der Waals surface area contributed by atoms with Crippen LogP contribution in [0.1, 0.15) is 91.4 Å². The average molecular weight is 362 g/mol. The van der Waals surface area contributed by atoms with Gasteiger partial charge in [0.2, 0.25) is 0 Å². The standard InChI is InChI=1S/C24H43NO/c1-5-24-14-13-22(2,26)15-17(24)9-10-19-20-8-6-7-18(16-25-4)23(20,3)12-11-21(19)24/h17-21,25-26H,5-16H2,1-4H3/t17-,18-,19+,20+,21+,22-,23-,24+/m1/s1. The van der Waals surface area contributed by atoms with E-state index in [0.717, 1.165) is 42.4 Å². The Balaban J connectivity index is 1.62. The molecule has 0 aromatic heterocycles. The molecule has 0 aliphatic heterocycles. The Morgan fingerprint density at radius 1 is 0.962 bits per heavy atom. The molecular weight excluding hydrogens is 318 g/mol. The summed E-state index contributed by atoms with van der Waals surface area (Å²) in [4.78, 5) is 0. The molecule has 0 heterocycles. The number of hydrogen-bond acceptors (Lipinski definition) is 2. The van der Waals surface area contributed by atoms with Gasteiger partial charge in [-0.1, -0.05) is 20.3 Å². The maximum Gasteiger partial charge on any atom is 0.0622 e. The lowest BCUT2D eigenvalue weighted by atomic mass is 9.40. The molecule has 0 aromatic rings. The molecule has 4 saturated carbocycles. The van der Waals surface area contributed by atoms with E-state index in [-0.39, 0.29) is 0 Å². The lowest BCUT2D eigenvalue weighted by Gasteiger charge is -2.65. The van der Waals surface area contributed by atoms with Crippen LogP contribution in [0.2, 0.25) is 0 Å². The van der Waals surface area contributed by atoms with Crippen molar-refractivity contribution in [3.05, 3.63) is 0 Å². The molecule has 2 heteroatoms. The van der Waals surface area contributed by atoms with Crippen LogP contribution in [0.5, 0.6) is 0 Å². The molecule has 4 aliphatic carbocycles. The summed E-state index contributed by atoms with van der Waals surface area (Å²) in [5.41, 5.74) is 0.717. The van der Waals surface area contributed by atoms with E-state index in [9.17, 15) is 5.11 Å². The quantitative estimate of drug-likeness (QED) is 0.706. The second-order valence-corrected chi connectivity index (χ2v) is 11.2. The van der Waals surface area contributed by atoms with Crippen LogP contribution in [0.25, 0.3) is 0 Å². The van der Waals surface area contributed by atoms with Gasteiger partial charge in [-0.05, 0) is 125 Å². The zero-order valence-corrected chi connectivity index (χ0v) is 17.8. The minimum Gasteiger partial charge on any atom is -0.390 e. The predicted molar refractivity (Wildman–Crippen MR) is 109 cm³/mol. The highest BCUT2D eigenvalue weighted by molar-refractivity contribution is 5.10. The van der Waals surface area contributed by atoms with Gasteiger partial charge in [-0.25, -0.2) is 0 Å². The first-order valence-electron chi connectivity index (χ1n) is 11.7. The Bertz CT molecular complexity index is 514. The van der Waals surface area contributed by atoms with E-state index in [4.69, 9.17) is 0 Å². The summed E-state index contributed by atoms with van der Waals surface area (Å²) in [7, 11) is 2.14. The minimum absolute atomic E-state index is 0.401. The predicted octanol–water partition coefficient (Wildman–Crippen LogP) is 5.40. The Morgan fingerprint density at radius 3 is 2.50 bits per heavy atom. The van der Waals surface area contributed by atoms with Crippen molar-refractivity contribution in [1.82, 2.24) is 5.32 Å². The minimum atomic E-state index is -0.401. The molecule has 4 rings (SSSR count). The summed E-state index contributed by atoms with van der Waals surface area (Å²) >= 11 is 0. The molecule has 4 aliphatic rings. The number of rotatable bonds is 3. The van der Waals surface area contributed by atoms with E-state index in [0.29, 0.717) is 10.8 Å². The van der Waals surface area contributed by atoms with Crippen molar-refractivity contribution in [2.24, 2.45) is 40.4 Å². The Hall–Kier alpha value is -0.0800. The van der Waals surface area contributed by atoms with Crippen molar-refractivity contribution in [2.45, 2.75) is 97.0 Å². The molecule has 0 unspecified atom stereocenters. The van der Waals surface area contributed by atoms with E-state index in [1.165, 1.54) is 64.3 Å². The van der Waals surface area contributed by atoms with Gasteiger partial charge in [-0.15, -0.1) is 0 Å². The van der Waals surface area contributed by atoms with Crippen LogP contribution in [-0.2, 0) is 0 Å². The first-order chi connectivity index (χ1) is 12.4. The number of aliphatic hydroxyl groups is 1. The van der Waals surface area contributed by atoms with Crippen LogP contribution >= 0.6 is 0 Å². The highest BCUT2D eigenvalue weighted by Gasteiger charge is 2.60. The number of hydrogen-bond donors (Lipinski definition) is 2. The molecule has 0 saturated heterocycles. The highest BCUT2D eigenvalue weighted by atomic mass is 16.3. The fraction of sp³-hybridized carbons (Fsp3) is 1.00. The van der Waals surface area contributed by atoms with Gasteiger partial charge in [0.15, 0.2) is 0 Å². The monoisotopic (exact) mass is 361 g/mol. The Labute approximate surface area is 161 Å². The molecule has 150 valence electrons. The van der Waals surface area contributed by atoms with Crippen molar-refractivity contribution >= 4 is 0 Å². The summed E-state index contributed by atoms with van der Waals surface area (Å²) in [6, 6.07) is 0. The van der Waals surface area contributed by atoms with Crippen LogP contribution in [0, 0.1) is 40.4 Å². The summed E-state index contributed by atoms with van der Waals surface area (Å²) < 4.78 is 0. The third-order valence-electron chi connectivity index (χ3n) is 10.2. The van der Waals surface area contributed by atoms with Crippen LogP contribution < -0.4 is 5.32 Å². The smallest absolute Gasteiger partial charge is 0.0622 e. The van der Waals surface area contributed by atoms with E-state index in [1.807, 2.05) is 0 Å². The molecule has 0 aromatic carbocycles. The van der Waals surface area contributed by atoms with Gasteiger partial charge in [-0.3, -0.25) is 0 Å². The van der Waals surface area contributed by atoms with Gasteiger partial charge in [0.1, 0.15) is 0 Å². The van der Waals surface area contributed by atoms with Crippen LogP contribution in [-0.4, -0.2) is 24.3 Å². The van der Waals surface area contributed by atoms with Gasteiger partial charge in [-0.2, -0.15) is 0 Å². The topological polar surface area (TPSA) is 32.3 Å². The third kappa shape index (κ3) is 2.81. The lowest BCUT2D eigenvalue weighted by Crippen LogP contribution is -2.58. The van der Waals surface area contributed by atoms with Crippen LogP contribution in [0.3, 0.4) is 0 Å². The Morgan fingerprint density at radius 2 is 1.77 bits per heavy atom. The first kappa shape index (κ1) is 19.2. The van der Waals surface area contributed by atoms with Crippen molar-refractivity contribution < 1.29 is 5.11 Å². The molecule has 8 atom stereocenters. The molecule has 2 N–H and O–H groups in total. The second-order valence-electron chi connectivity index (χ2n) is 11.2. The van der Waals surface area contributed by atoms with Gasteiger partial charge in [0.25, 0.3) is 0 Å². The maximum atomic E-state index is 10.7. The summed E-state index contributed by atoms with van der Waals surface area (Å²) in [6.45, 7) is 8.44. The highest BCUT2D eigenvalue weighted by Crippen LogP contribution is 2.67. The third-order valence-corrected chi connectivity index (χ3v) is 10.2. The van der Waals surface area contributed by atoms with Crippen molar-refractivity contribution in [2.75, 3.05) is 13.6 Å². The number of nitrogens with one attached hydrogen (secondary N) is 1. The molecule has 0 bridgehead atoms. The van der Waals surface area contributed by atoms with E-state index in [1.54, 1.807) is 0 Å². The van der Waals surface area contributed by atoms with Crippen molar-refractivity contribution in [1.29, 1.82) is 0 Å². The van der Waals surface area contributed by atoms with Crippen molar-refractivity contribution in [3.8, 4) is 0 Å². The molecule has 26 heavy (non-hydrogen) atoms. The SMILES string of the molecule is CC[C@]12CC[C@@](C)(O)C[C@H]1CC[C@H]1[C@@H]3CCC[C@H](CNC)[C@@]3(C)CC[C@@H]12. The summed E-state index contributed by atoms with van der Waals surface area (Å²) in [5.74, 6) is 4.52. The average Bonchev–Trinajstić information content (AvgIpc) is 2.61. The second kappa shape index (κ2) is 6.76. The summed E-state index contributed by atoms with van der Waals surface area (Å²) in [5, 5.41) is 14.2. The molecule has 0 spiro atoms. The normalized spacial score (nSPS) is 54.1. The molecular formula is C24H43NO. The largest absolute Gasteiger partial charge is 0.390 e. The fourth-order valence-corrected chi connectivity index (χ4v) is 8.84. The number of fused-ring (bicyclic) bond motifs is 5. The molecule has 0 amide bonds. The van der Waals surface area contributed by atoms with Crippen molar-refractivity contribution in [3.63, 3.8) is 0 Å². The van der Waals surface area contributed by atoms with E-state index < -0.39 is 5.60 Å². The van der Waals surface area contributed by atoms with E-state index >= 15 is 0 Å². The van der Waals surface area contributed by atoms with Gasteiger partial charge in [0.05, 0.1) is 5.60 Å². The first-order valence-corrected chi connectivity index (χ1v) is 11.7. The zero-order valence-electron chi connectivity index (χ0n) is 17.8. The zero-order chi connectivity index (χ0) is 18.6. The Kier molecular flexibility index (Phi) is 5.01. The lowest BCUT2D eigenvalue weighted by molar-refractivity contribution is -0.171. The van der Waals surface area contributed by atoms with Crippen LogP contribution in [0.4, 0.5) is 0 Å². The molecule has 2 nitrogen and oxygen atoms in total. The fourth-order valence-electron chi connectivity index (χ4n) is 8.84. The van der Waals surface area contributed by atoms with Gasteiger partial charge >= 0.3 is 0 Å². The van der Waals surface area contributed by atoms with Gasteiger partial charge in [0, 0.05) is 0 Å². The van der Waals surface area contributed by atoms with Crippen LogP contribution in [0.15, 0.2) is 0 Å². The molecule has 4 fully saturated rings. The molecule has 0 radical (unpaired) electrons. The van der Waals surface area contributed by atoms with E-state index in [2.05, 4.69) is 33.1 Å². The maximum absolute atomic E-state index is 10.7.